The standard InChI is InChI=1S/C10H18ClNO4/c1-14-6-8(2-3-11)12-10(13)9-7-15-4-5-16-9/h8-9H,2-7H2,1H3,(H,12,13). The third-order valence-electron chi connectivity index (χ3n) is 2.28. The molecule has 5 nitrogen and oxygen atoms in total. The van der Waals surface area contributed by atoms with Crippen molar-refractivity contribution in [1.29, 1.82) is 0 Å². The van der Waals surface area contributed by atoms with Crippen LogP contribution in [0, 0.1) is 0 Å². The fourth-order valence-corrected chi connectivity index (χ4v) is 1.73. The minimum Gasteiger partial charge on any atom is -0.383 e. The molecule has 0 spiro atoms. The fourth-order valence-electron chi connectivity index (χ4n) is 1.46. The number of carbonyl (C=O) groups excluding carboxylic acids is 1. The first-order valence-corrected chi connectivity index (χ1v) is 5.86. The lowest BCUT2D eigenvalue weighted by atomic mass is 10.2. The summed E-state index contributed by atoms with van der Waals surface area (Å²) in [7, 11) is 1.59. The highest BCUT2D eigenvalue weighted by atomic mass is 35.5. The number of amides is 1. The van der Waals surface area contributed by atoms with Gasteiger partial charge in [-0.1, -0.05) is 0 Å². The van der Waals surface area contributed by atoms with Crippen molar-refractivity contribution in [2.24, 2.45) is 0 Å². The molecule has 94 valence electrons. The number of nitrogens with one attached hydrogen (secondary N) is 1. The van der Waals surface area contributed by atoms with E-state index in [-0.39, 0.29) is 11.9 Å². The molecule has 0 radical (unpaired) electrons. The van der Waals surface area contributed by atoms with E-state index in [2.05, 4.69) is 5.32 Å². The second kappa shape index (κ2) is 7.84. The van der Waals surface area contributed by atoms with Crippen LogP contribution >= 0.6 is 11.6 Å². The molecule has 1 fully saturated rings. The Morgan fingerprint density at radius 2 is 2.44 bits per heavy atom. The van der Waals surface area contributed by atoms with Gasteiger partial charge in [-0.2, -0.15) is 0 Å². The molecule has 1 N–H and O–H groups in total. The molecular formula is C10H18ClNO4. The van der Waals surface area contributed by atoms with Gasteiger partial charge < -0.3 is 19.5 Å². The Labute approximate surface area is 100 Å². The first-order valence-electron chi connectivity index (χ1n) is 5.32. The Hall–Kier alpha value is -0.360. The number of rotatable bonds is 6. The van der Waals surface area contributed by atoms with Crippen LogP contribution in [0.15, 0.2) is 0 Å². The molecule has 16 heavy (non-hydrogen) atoms. The van der Waals surface area contributed by atoms with E-state index in [1.54, 1.807) is 7.11 Å². The van der Waals surface area contributed by atoms with Crippen LogP contribution in [0.5, 0.6) is 0 Å². The zero-order chi connectivity index (χ0) is 11.8. The van der Waals surface area contributed by atoms with Crippen molar-refractivity contribution in [2.75, 3.05) is 39.4 Å². The second-order valence-corrected chi connectivity index (χ2v) is 3.95. The van der Waals surface area contributed by atoms with Crippen molar-refractivity contribution >= 4 is 17.5 Å². The van der Waals surface area contributed by atoms with E-state index in [1.165, 1.54) is 0 Å². The van der Waals surface area contributed by atoms with Crippen LogP contribution in [-0.2, 0) is 19.0 Å². The van der Waals surface area contributed by atoms with E-state index in [0.29, 0.717) is 38.7 Å². The van der Waals surface area contributed by atoms with E-state index in [4.69, 9.17) is 25.8 Å². The summed E-state index contributed by atoms with van der Waals surface area (Å²) in [6.45, 7) is 1.77. The maximum Gasteiger partial charge on any atom is 0.251 e. The first kappa shape index (κ1) is 13.7. The zero-order valence-electron chi connectivity index (χ0n) is 9.41. The highest BCUT2D eigenvalue weighted by Gasteiger charge is 2.24. The van der Waals surface area contributed by atoms with Gasteiger partial charge in [0, 0.05) is 13.0 Å². The topological polar surface area (TPSA) is 56.8 Å². The van der Waals surface area contributed by atoms with Gasteiger partial charge in [0.25, 0.3) is 5.91 Å². The van der Waals surface area contributed by atoms with Gasteiger partial charge in [-0.05, 0) is 6.42 Å². The van der Waals surface area contributed by atoms with Crippen molar-refractivity contribution in [3.05, 3.63) is 0 Å². The largest absolute Gasteiger partial charge is 0.383 e. The quantitative estimate of drug-likeness (QED) is 0.684. The highest BCUT2D eigenvalue weighted by molar-refractivity contribution is 6.17. The molecule has 1 saturated heterocycles. The van der Waals surface area contributed by atoms with Crippen molar-refractivity contribution < 1.29 is 19.0 Å². The van der Waals surface area contributed by atoms with E-state index in [1.807, 2.05) is 0 Å². The number of carbonyl (C=O) groups is 1. The Morgan fingerprint density at radius 1 is 1.62 bits per heavy atom. The summed E-state index contributed by atoms with van der Waals surface area (Å²) in [6, 6.07) is -0.0690. The van der Waals surface area contributed by atoms with Gasteiger partial charge in [-0.3, -0.25) is 4.79 Å². The molecule has 1 rings (SSSR count). The number of hydrogen-bond acceptors (Lipinski definition) is 4. The Morgan fingerprint density at radius 3 is 3.00 bits per heavy atom. The SMILES string of the molecule is COCC(CCCl)NC(=O)C1COCCO1. The molecule has 0 aromatic carbocycles. The summed E-state index contributed by atoms with van der Waals surface area (Å²) < 4.78 is 15.4. The number of methoxy groups -OCH3 is 1. The van der Waals surface area contributed by atoms with Crippen LogP contribution in [0.2, 0.25) is 0 Å². The van der Waals surface area contributed by atoms with E-state index >= 15 is 0 Å². The average molecular weight is 252 g/mol. The average Bonchev–Trinajstić information content (AvgIpc) is 2.31. The first-order chi connectivity index (χ1) is 7.77. The molecule has 1 heterocycles. The normalized spacial score (nSPS) is 22.8. The van der Waals surface area contributed by atoms with Gasteiger partial charge in [0.15, 0.2) is 6.10 Å². The van der Waals surface area contributed by atoms with E-state index in [0.717, 1.165) is 0 Å². The Bertz CT molecular complexity index is 203. The summed E-state index contributed by atoms with van der Waals surface area (Å²) in [6.07, 6.45) is 0.165. The molecule has 1 amide bonds. The number of ether oxygens (including phenoxy) is 3. The fraction of sp³-hybridized carbons (Fsp3) is 0.900. The summed E-state index contributed by atoms with van der Waals surface area (Å²) in [5.74, 6) is 0.322. The van der Waals surface area contributed by atoms with Gasteiger partial charge in [-0.15, -0.1) is 11.6 Å². The lowest BCUT2D eigenvalue weighted by molar-refractivity contribution is -0.148. The minimum absolute atomic E-state index is 0.0690. The van der Waals surface area contributed by atoms with Crippen LogP contribution < -0.4 is 5.32 Å². The monoisotopic (exact) mass is 251 g/mol. The molecule has 0 aliphatic carbocycles. The molecule has 2 atom stereocenters. The lowest BCUT2D eigenvalue weighted by Crippen LogP contribution is -2.48. The molecular weight excluding hydrogens is 234 g/mol. The molecule has 0 saturated carbocycles. The maximum atomic E-state index is 11.7. The Kier molecular flexibility index (Phi) is 6.71. The van der Waals surface area contributed by atoms with Gasteiger partial charge in [0.2, 0.25) is 0 Å². The highest BCUT2D eigenvalue weighted by Crippen LogP contribution is 2.03. The summed E-state index contributed by atoms with van der Waals surface area (Å²) in [4.78, 5) is 11.7. The second-order valence-electron chi connectivity index (χ2n) is 3.57. The third-order valence-corrected chi connectivity index (χ3v) is 2.50. The van der Waals surface area contributed by atoms with Gasteiger partial charge in [0.1, 0.15) is 0 Å². The smallest absolute Gasteiger partial charge is 0.251 e. The summed E-state index contributed by atoms with van der Waals surface area (Å²) >= 11 is 5.64. The van der Waals surface area contributed by atoms with E-state index in [9.17, 15) is 4.79 Å². The van der Waals surface area contributed by atoms with Crippen molar-refractivity contribution in [3.8, 4) is 0 Å². The predicted octanol–water partition coefficient (Wildman–Crippen LogP) is 0.162. The van der Waals surface area contributed by atoms with Crippen molar-refractivity contribution in [3.63, 3.8) is 0 Å². The van der Waals surface area contributed by atoms with Crippen molar-refractivity contribution in [2.45, 2.75) is 18.6 Å². The number of alkyl halides is 1. The lowest BCUT2D eigenvalue weighted by Gasteiger charge is -2.24. The molecule has 1 aliphatic rings. The third kappa shape index (κ3) is 4.65. The Balaban J connectivity index is 2.33. The summed E-state index contributed by atoms with van der Waals surface area (Å²) in [5.41, 5.74) is 0. The van der Waals surface area contributed by atoms with Crippen LogP contribution in [0.4, 0.5) is 0 Å². The van der Waals surface area contributed by atoms with Crippen LogP contribution in [0.3, 0.4) is 0 Å². The maximum absolute atomic E-state index is 11.7. The van der Waals surface area contributed by atoms with E-state index < -0.39 is 6.10 Å². The molecule has 0 aromatic rings. The molecule has 6 heteroatoms. The molecule has 0 bridgehead atoms. The van der Waals surface area contributed by atoms with Crippen LogP contribution in [0.1, 0.15) is 6.42 Å². The van der Waals surface area contributed by atoms with Crippen molar-refractivity contribution in [1.82, 2.24) is 5.32 Å². The van der Waals surface area contributed by atoms with Crippen LogP contribution in [0.25, 0.3) is 0 Å². The molecule has 0 aromatic heterocycles. The zero-order valence-corrected chi connectivity index (χ0v) is 10.2. The molecule has 2 unspecified atom stereocenters. The minimum atomic E-state index is -0.511. The molecule has 1 aliphatic heterocycles. The van der Waals surface area contributed by atoms with Crippen LogP contribution in [-0.4, -0.2) is 57.5 Å². The number of hydrogen-bond donors (Lipinski definition) is 1. The number of halogens is 1. The summed E-state index contributed by atoms with van der Waals surface area (Å²) in [5, 5.41) is 2.84. The van der Waals surface area contributed by atoms with Gasteiger partial charge in [0.05, 0.1) is 32.5 Å². The van der Waals surface area contributed by atoms with Gasteiger partial charge in [-0.25, -0.2) is 0 Å². The van der Waals surface area contributed by atoms with Gasteiger partial charge >= 0.3 is 0 Å². The predicted molar refractivity (Wildman–Crippen MR) is 59.7 cm³/mol.